The lowest BCUT2D eigenvalue weighted by atomic mass is 10.1. The number of ether oxygens (including phenoxy) is 1. The first-order valence-corrected chi connectivity index (χ1v) is 8.15. The summed E-state index contributed by atoms with van der Waals surface area (Å²) in [5.74, 6) is 0.483. The average molecular weight is 366 g/mol. The molecule has 0 heterocycles. The molecular weight excluding hydrogens is 350 g/mol. The van der Waals surface area contributed by atoms with Crippen LogP contribution >= 0.6 is 27.7 Å². The molecule has 0 radical (unpaired) electrons. The van der Waals surface area contributed by atoms with Crippen molar-refractivity contribution < 1.29 is 9.53 Å². The van der Waals surface area contributed by atoms with E-state index in [2.05, 4.69) is 15.9 Å². The van der Waals surface area contributed by atoms with Crippen LogP contribution < -0.4 is 5.73 Å². The van der Waals surface area contributed by atoms with Crippen LogP contribution in [-0.4, -0.2) is 13.1 Å². The van der Waals surface area contributed by atoms with Crippen molar-refractivity contribution >= 4 is 39.3 Å². The molecule has 2 N–H and O–H groups in total. The Kier molecular flexibility index (Phi) is 5.31. The Morgan fingerprint density at radius 3 is 2.67 bits per heavy atom. The van der Waals surface area contributed by atoms with Crippen molar-refractivity contribution in [2.24, 2.45) is 0 Å². The third-order valence-electron chi connectivity index (χ3n) is 3.06. The fraction of sp³-hybridized carbons (Fsp3) is 0.188. The van der Waals surface area contributed by atoms with Gasteiger partial charge in [-0.1, -0.05) is 22.0 Å². The molecule has 110 valence electrons. The van der Waals surface area contributed by atoms with Crippen molar-refractivity contribution in [2.45, 2.75) is 17.6 Å². The van der Waals surface area contributed by atoms with Gasteiger partial charge in [0.15, 0.2) is 0 Å². The number of esters is 1. The minimum Gasteiger partial charge on any atom is -0.465 e. The molecule has 0 saturated heterocycles. The van der Waals surface area contributed by atoms with Gasteiger partial charge in [-0.25, -0.2) is 4.79 Å². The summed E-state index contributed by atoms with van der Waals surface area (Å²) in [6.07, 6.45) is 0. The molecule has 0 fully saturated rings. The molecule has 0 aliphatic rings. The molecule has 0 atom stereocenters. The number of carbonyl (C=O) groups is 1. The Hall–Kier alpha value is -1.46. The predicted molar refractivity (Wildman–Crippen MR) is 90.6 cm³/mol. The highest BCUT2D eigenvalue weighted by atomic mass is 79.9. The molecule has 0 unspecified atom stereocenters. The summed E-state index contributed by atoms with van der Waals surface area (Å²) >= 11 is 5.25. The van der Waals surface area contributed by atoms with Crippen molar-refractivity contribution in [1.29, 1.82) is 0 Å². The second-order valence-corrected chi connectivity index (χ2v) is 6.48. The van der Waals surface area contributed by atoms with E-state index in [9.17, 15) is 4.79 Å². The molecule has 21 heavy (non-hydrogen) atoms. The van der Waals surface area contributed by atoms with E-state index >= 15 is 0 Å². The van der Waals surface area contributed by atoms with Gasteiger partial charge in [-0.05, 0) is 48.4 Å². The maximum absolute atomic E-state index is 11.5. The van der Waals surface area contributed by atoms with Gasteiger partial charge in [-0.2, -0.15) is 0 Å². The second-order valence-electron chi connectivity index (χ2n) is 4.61. The van der Waals surface area contributed by atoms with Crippen molar-refractivity contribution in [3.63, 3.8) is 0 Å². The summed E-state index contributed by atoms with van der Waals surface area (Å²) in [6, 6.07) is 11.4. The van der Waals surface area contributed by atoms with Crippen molar-refractivity contribution in [3.8, 4) is 0 Å². The summed E-state index contributed by atoms with van der Waals surface area (Å²) < 4.78 is 5.62. The van der Waals surface area contributed by atoms with E-state index in [0.29, 0.717) is 5.56 Å². The first-order valence-electron chi connectivity index (χ1n) is 6.37. The fourth-order valence-electron chi connectivity index (χ4n) is 1.90. The standard InChI is InChI=1S/C16H16BrNO2S/c1-10-7-13(18)5-6-15(10)21-9-12-4-3-11(8-14(12)17)16(19)20-2/h3-8H,9,18H2,1-2H3. The third-order valence-corrected chi connectivity index (χ3v) is 5.02. The number of benzene rings is 2. The average Bonchev–Trinajstić information content (AvgIpc) is 2.46. The van der Waals surface area contributed by atoms with Crippen LogP contribution in [0, 0.1) is 6.92 Å². The summed E-state index contributed by atoms with van der Waals surface area (Å²) in [7, 11) is 1.38. The Morgan fingerprint density at radius 1 is 1.29 bits per heavy atom. The van der Waals surface area contributed by atoms with Crippen LogP contribution in [0.4, 0.5) is 5.69 Å². The maximum atomic E-state index is 11.5. The van der Waals surface area contributed by atoms with Crippen LogP contribution in [0.15, 0.2) is 45.8 Å². The van der Waals surface area contributed by atoms with Gasteiger partial charge in [0.2, 0.25) is 0 Å². The molecule has 2 rings (SSSR count). The summed E-state index contributed by atoms with van der Waals surface area (Å²) in [4.78, 5) is 12.7. The highest BCUT2D eigenvalue weighted by Crippen LogP contribution is 2.30. The lowest BCUT2D eigenvalue weighted by Crippen LogP contribution is -2.01. The Labute approximate surface area is 137 Å². The molecule has 0 aromatic heterocycles. The van der Waals surface area contributed by atoms with Crippen molar-refractivity contribution in [1.82, 2.24) is 0 Å². The van der Waals surface area contributed by atoms with Crippen LogP contribution in [0.5, 0.6) is 0 Å². The van der Waals surface area contributed by atoms with Crippen molar-refractivity contribution in [2.75, 3.05) is 12.8 Å². The topological polar surface area (TPSA) is 52.3 Å². The quantitative estimate of drug-likeness (QED) is 0.495. The van der Waals surface area contributed by atoms with E-state index in [1.165, 1.54) is 17.6 Å². The number of hydrogen-bond donors (Lipinski definition) is 1. The van der Waals surface area contributed by atoms with Gasteiger partial charge in [0.1, 0.15) is 0 Å². The number of aryl methyl sites for hydroxylation is 1. The van der Waals surface area contributed by atoms with E-state index in [-0.39, 0.29) is 5.97 Å². The van der Waals surface area contributed by atoms with Gasteiger partial charge in [0.05, 0.1) is 12.7 Å². The highest BCUT2D eigenvalue weighted by molar-refractivity contribution is 9.10. The number of methoxy groups -OCH3 is 1. The van der Waals surface area contributed by atoms with Crippen LogP contribution in [0.2, 0.25) is 0 Å². The number of hydrogen-bond acceptors (Lipinski definition) is 4. The van der Waals surface area contributed by atoms with Gasteiger partial charge in [0.25, 0.3) is 0 Å². The Bertz CT molecular complexity index is 673. The molecule has 0 amide bonds. The van der Waals surface area contributed by atoms with E-state index in [1.807, 2.05) is 31.2 Å². The third kappa shape index (κ3) is 4.02. The molecule has 5 heteroatoms. The molecule has 0 bridgehead atoms. The van der Waals surface area contributed by atoms with Crippen molar-refractivity contribution in [3.05, 3.63) is 57.6 Å². The first kappa shape index (κ1) is 15.9. The Balaban J connectivity index is 2.11. The molecule has 0 aliphatic carbocycles. The monoisotopic (exact) mass is 365 g/mol. The Morgan fingerprint density at radius 2 is 2.05 bits per heavy atom. The smallest absolute Gasteiger partial charge is 0.337 e. The number of nitrogens with two attached hydrogens (primary N) is 1. The summed E-state index contributed by atoms with van der Waals surface area (Å²) in [6.45, 7) is 2.05. The van der Waals surface area contributed by atoms with Gasteiger partial charge in [-0.15, -0.1) is 11.8 Å². The number of thioether (sulfide) groups is 1. The lowest BCUT2D eigenvalue weighted by Gasteiger charge is -2.09. The molecule has 2 aromatic carbocycles. The van der Waals surface area contributed by atoms with E-state index < -0.39 is 0 Å². The SMILES string of the molecule is COC(=O)c1ccc(CSc2ccc(N)cc2C)c(Br)c1. The lowest BCUT2D eigenvalue weighted by molar-refractivity contribution is 0.0600. The van der Waals surface area contributed by atoms with Gasteiger partial charge >= 0.3 is 5.97 Å². The zero-order valence-corrected chi connectivity index (χ0v) is 14.3. The summed E-state index contributed by atoms with van der Waals surface area (Å²) in [5, 5.41) is 0. The van der Waals surface area contributed by atoms with Crippen LogP contribution in [0.25, 0.3) is 0 Å². The number of anilines is 1. The number of nitrogen functional groups attached to an aromatic ring is 1. The van der Waals surface area contributed by atoms with Crippen LogP contribution in [-0.2, 0) is 10.5 Å². The maximum Gasteiger partial charge on any atom is 0.337 e. The number of rotatable bonds is 4. The zero-order valence-electron chi connectivity index (χ0n) is 11.9. The molecule has 2 aromatic rings. The normalized spacial score (nSPS) is 10.4. The minimum absolute atomic E-state index is 0.329. The summed E-state index contributed by atoms with van der Waals surface area (Å²) in [5.41, 5.74) is 9.38. The van der Waals surface area contributed by atoms with Gasteiger partial charge in [0, 0.05) is 20.8 Å². The van der Waals surface area contributed by atoms with E-state index in [0.717, 1.165) is 21.5 Å². The second kappa shape index (κ2) is 7.00. The molecule has 0 spiro atoms. The molecule has 3 nitrogen and oxygen atoms in total. The number of halogens is 1. The molecule has 0 saturated carbocycles. The molecule has 0 aliphatic heterocycles. The highest BCUT2D eigenvalue weighted by Gasteiger charge is 2.09. The van der Waals surface area contributed by atoms with E-state index in [1.54, 1.807) is 23.9 Å². The zero-order chi connectivity index (χ0) is 15.4. The number of carbonyl (C=O) groups excluding carboxylic acids is 1. The van der Waals surface area contributed by atoms with Crippen LogP contribution in [0.1, 0.15) is 21.5 Å². The fourth-order valence-corrected chi connectivity index (χ4v) is 3.62. The van der Waals surface area contributed by atoms with E-state index in [4.69, 9.17) is 10.5 Å². The largest absolute Gasteiger partial charge is 0.465 e. The van der Waals surface area contributed by atoms with Crippen LogP contribution in [0.3, 0.4) is 0 Å². The molecular formula is C16H16BrNO2S. The minimum atomic E-state index is -0.329. The van der Waals surface area contributed by atoms with Gasteiger partial charge in [-0.3, -0.25) is 0 Å². The van der Waals surface area contributed by atoms with Gasteiger partial charge < -0.3 is 10.5 Å². The predicted octanol–water partition coefficient (Wildman–Crippen LogP) is 4.42. The first-order chi connectivity index (χ1) is 10.0.